The third-order valence-corrected chi connectivity index (χ3v) is 4.95. The Morgan fingerprint density at radius 3 is 2.83 bits per heavy atom. The molecule has 3 rings (SSSR count). The average molecular weight is 331 g/mol. The zero-order valence-corrected chi connectivity index (χ0v) is 14.1. The van der Waals surface area contributed by atoms with E-state index in [-0.39, 0.29) is 11.8 Å². The van der Waals surface area contributed by atoms with Crippen LogP contribution in [0, 0.1) is 0 Å². The van der Waals surface area contributed by atoms with Crippen LogP contribution in [0.3, 0.4) is 0 Å². The van der Waals surface area contributed by atoms with E-state index in [9.17, 15) is 4.79 Å². The van der Waals surface area contributed by atoms with Crippen molar-refractivity contribution in [2.75, 3.05) is 12.4 Å². The van der Waals surface area contributed by atoms with Crippen molar-refractivity contribution in [3.63, 3.8) is 0 Å². The van der Waals surface area contributed by atoms with Gasteiger partial charge in [0.15, 0.2) is 0 Å². The Bertz CT molecular complexity index is 644. The second-order valence-electron chi connectivity index (χ2n) is 5.67. The Balaban J connectivity index is 1.64. The van der Waals surface area contributed by atoms with Gasteiger partial charge < -0.3 is 9.32 Å². The normalized spacial score (nSPS) is 16.6. The summed E-state index contributed by atoms with van der Waals surface area (Å²) in [5.41, 5.74) is 1.18. The summed E-state index contributed by atoms with van der Waals surface area (Å²) < 4.78 is 5.82. The number of benzene rings is 1. The Morgan fingerprint density at radius 2 is 2.09 bits per heavy atom. The molecule has 1 saturated heterocycles. The van der Waals surface area contributed by atoms with Gasteiger partial charge in [-0.2, -0.15) is 0 Å². The van der Waals surface area contributed by atoms with Gasteiger partial charge in [0, 0.05) is 13.0 Å². The largest absolute Gasteiger partial charge is 0.415 e. The molecule has 1 aliphatic rings. The maximum Gasteiger partial charge on any atom is 0.278 e. The quantitative estimate of drug-likeness (QED) is 0.756. The highest BCUT2D eigenvalue weighted by Gasteiger charge is 2.21. The lowest BCUT2D eigenvalue weighted by Gasteiger charge is -2.25. The van der Waals surface area contributed by atoms with E-state index in [1.165, 1.54) is 17.3 Å². The van der Waals surface area contributed by atoms with Gasteiger partial charge in [-0.25, -0.2) is 0 Å². The maximum atomic E-state index is 11.8. The number of hydrogen-bond acceptors (Lipinski definition) is 5. The minimum Gasteiger partial charge on any atom is -0.415 e. The molecule has 6 heteroatoms. The number of carbonyl (C=O) groups is 1. The van der Waals surface area contributed by atoms with Crippen LogP contribution in [0.4, 0.5) is 0 Å². The van der Waals surface area contributed by atoms with Crippen LogP contribution in [-0.4, -0.2) is 33.4 Å². The molecule has 1 aliphatic heterocycles. The van der Waals surface area contributed by atoms with E-state index in [0.717, 1.165) is 25.8 Å². The highest BCUT2D eigenvalue weighted by atomic mass is 32.2. The van der Waals surface area contributed by atoms with Crippen LogP contribution < -0.4 is 0 Å². The first-order valence-electron chi connectivity index (χ1n) is 8.07. The molecule has 23 heavy (non-hydrogen) atoms. The second kappa shape index (κ2) is 7.64. The Kier molecular flexibility index (Phi) is 5.33. The van der Waals surface area contributed by atoms with Crippen molar-refractivity contribution in [1.29, 1.82) is 0 Å². The summed E-state index contributed by atoms with van der Waals surface area (Å²) in [6.45, 7) is 2.94. The van der Waals surface area contributed by atoms with E-state index in [1.54, 1.807) is 0 Å². The summed E-state index contributed by atoms with van der Waals surface area (Å²) in [5.74, 6) is 1.57. The maximum absolute atomic E-state index is 11.8. The number of amides is 1. The summed E-state index contributed by atoms with van der Waals surface area (Å²) in [7, 11) is 0. The number of aromatic nitrogens is 2. The summed E-state index contributed by atoms with van der Waals surface area (Å²) in [5, 5.41) is 8.87. The molecule has 1 amide bonds. The number of nitrogens with zero attached hydrogens (tertiary/aromatic N) is 3. The highest BCUT2D eigenvalue weighted by molar-refractivity contribution is 7.99. The third kappa shape index (κ3) is 3.93. The summed E-state index contributed by atoms with van der Waals surface area (Å²) >= 11 is 1.44. The molecule has 122 valence electrons. The number of thioether (sulfide) groups is 1. The van der Waals surface area contributed by atoms with Gasteiger partial charge in [-0.3, -0.25) is 4.79 Å². The molecule has 1 fully saturated rings. The Morgan fingerprint density at radius 1 is 1.26 bits per heavy atom. The van der Waals surface area contributed by atoms with Crippen LogP contribution >= 0.6 is 11.8 Å². The third-order valence-electron chi connectivity index (χ3n) is 4.10. The number of likely N-dealkylation sites (tertiary alicyclic amines) is 1. The monoisotopic (exact) mass is 331 g/mol. The molecule has 0 spiro atoms. The van der Waals surface area contributed by atoms with Crippen LogP contribution in [0.2, 0.25) is 0 Å². The first kappa shape index (κ1) is 16.1. The molecule has 0 N–H and O–H groups in total. The van der Waals surface area contributed by atoms with Crippen molar-refractivity contribution >= 4 is 17.7 Å². The predicted octanol–water partition coefficient (Wildman–Crippen LogP) is 3.67. The first-order valence-corrected chi connectivity index (χ1v) is 9.05. The zero-order chi connectivity index (χ0) is 16.1. The number of piperidine rings is 1. The average Bonchev–Trinajstić information content (AvgIpc) is 3.04. The van der Waals surface area contributed by atoms with Gasteiger partial charge in [0.05, 0.1) is 11.8 Å². The van der Waals surface area contributed by atoms with Crippen molar-refractivity contribution in [2.24, 2.45) is 0 Å². The van der Waals surface area contributed by atoms with Crippen LogP contribution in [-0.2, 0) is 4.79 Å². The number of rotatable bonds is 6. The Hall–Kier alpha value is -1.82. The van der Waals surface area contributed by atoms with E-state index in [0.29, 0.717) is 23.4 Å². The molecule has 0 radical (unpaired) electrons. The molecule has 0 aliphatic carbocycles. The van der Waals surface area contributed by atoms with Gasteiger partial charge in [-0.05, 0) is 36.6 Å². The molecule has 1 aromatic carbocycles. The van der Waals surface area contributed by atoms with Crippen molar-refractivity contribution in [3.05, 3.63) is 41.8 Å². The zero-order valence-electron chi connectivity index (χ0n) is 13.3. The van der Waals surface area contributed by atoms with Crippen LogP contribution in [0.1, 0.15) is 50.0 Å². The first-order chi connectivity index (χ1) is 11.3. The van der Waals surface area contributed by atoms with Gasteiger partial charge in [0.1, 0.15) is 0 Å². The molecule has 1 aromatic heterocycles. The second-order valence-corrected chi connectivity index (χ2v) is 6.56. The molecule has 2 heterocycles. The van der Waals surface area contributed by atoms with Gasteiger partial charge in [-0.1, -0.05) is 37.3 Å². The lowest BCUT2D eigenvalue weighted by atomic mass is 9.97. The fourth-order valence-electron chi connectivity index (χ4n) is 2.79. The molecule has 2 aromatic rings. The van der Waals surface area contributed by atoms with Crippen LogP contribution in [0.25, 0.3) is 0 Å². The summed E-state index contributed by atoms with van der Waals surface area (Å²) in [6, 6.07) is 10.2. The lowest BCUT2D eigenvalue weighted by Crippen LogP contribution is -2.34. The molecule has 0 saturated carbocycles. The molecule has 0 bridgehead atoms. The van der Waals surface area contributed by atoms with E-state index in [2.05, 4.69) is 29.3 Å². The fourth-order valence-corrected chi connectivity index (χ4v) is 3.57. The van der Waals surface area contributed by atoms with E-state index < -0.39 is 0 Å². The van der Waals surface area contributed by atoms with Crippen molar-refractivity contribution in [3.8, 4) is 0 Å². The topological polar surface area (TPSA) is 59.2 Å². The van der Waals surface area contributed by atoms with E-state index >= 15 is 0 Å². The minimum absolute atomic E-state index is 0.120. The minimum atomic E-state index is 0.120. The van der Waals surface area contributed by atoms with Crippen molar-refractivity contribution in [1.82, 2.24) is 15.1 Å². The fraction of sp³-hybridized carbons (Fsp3) is 0.471. The van der Waals surface area contributed by atoms with Gasteiger partial charge in [-0.15, -0.1) is 10.2 Å². The number of carbonyl (C=O) groups excluding carboxylic acids is 1. The van der Waals surface area contributed by atoms with Crippen LogP contribution in [0.15, 0.2) is 40.0 Å². The SMILES string of the molecule is CCC(c1ccccc1)c1nnc(SCN2CCCCC2=O)o1. The standard InChI is InChI=1S/C17H21N3O2S/c1-2-14(13-8-4-3-5-9-13)16-18-19-17(22-16)23-12-20-11-7-6-10-15(20)21/h3-5,8-9,14H,2,6-7,10-12H2,1H3. The van der Waals surface area contributed by atoms with Crippen molar-refractivity contribution in [2.45, 2.75) is 43.7 Å². The molecule has 5 nitrogen and oxygen atoms in total. The van der Waals surface area contributed by atoms with E-state index in [1.807, 2.05) is 23.1 Å². The molecule has 1 atom stereocenters. The van der Waals surface area contributed by atoms with Gasteiger partial charge >= 0.3 is 0 Å². The van der Waals surface area contributed by atoms with Crippen molar-refractivity contribution < 1.29 is 9.21 Å². The van der Waals surface area contributed by atoms with Crippen LogP contribution in [0.5, 0.6) is 0 Å². The molecule has 1 unspecified atom stereocenters. The summed E-state index contributed by atoms with van der Waals surface area (Å²) in [6.07, 6.45) is 3.63. The Labute approximate surface area is 140 Å². The molecular formula is C17H21N3O2S. The smallest absolute Gasteiger partial charge is 0.278 e. The summed E-state index contributed by atoms with van der Waals surface area (Å²) in [4.78, 5) is 13.7. The number of hydrogen-bond donors (Lipinski definition) is 0. The van der Waals surface area contributed by atoms with Gasteiger partial charge in [0.2, 0.25) is 11.8 Å². The van der Waals surface area contributed by atoms with Gasteiger partial charge in [0.25, 0.3) is 5.22 Å². The molecular weight excluding hydrogens is 310 g/mol. The van der Waals surface area contributed by atoms with E-state index in [4.69, 9.17) is 4.42 Å². The predicted molar refractivity (Wildman–Crippen MR) is 89.2 cm³/mol. The lowest BCUT2D eigenvalue weighted by molar-refractivity contribution is -0.132. The highest BCUT2D eigenvalue weighted by Crippen LogP contribution is 2.29.